The fourth-order valence-corrected chi connectivity index (χ4v) is 1.24. The van der Waals surface area contributed by atoms with Crippen molar-refractivity contribution in [3.63, 3.8) is 0 Å². The van der Waals surface area contributed by atoms with Gasteiger partial charge in [0.2, 0.25) is 0 Å². The predicted molar refractivity (Wildman–Crippen MR) is 69.4 cm³/mol. The molecule has 1 rings (SSSR count). The lowest BCUT2D eigenvalue weighted by atomic mass is 9.99. The summed E-state index contributed by atoms with van der Waals surface area (Å²) in [5, 5.41) is 12.9. The van der Waals surface area contributed by atoms with Gasteiger partial charge in [-0.1, -0.05) is 0 Å². The van der Waals surface area contributed by atoms with Gasteiger partial charge < -0.3 is 15.2 Å². The van der Waals surface area contributed by atoms with Crippen molar-refractivity contribution < 1.29 is 9.84 Å². The minimum atomic E-state index is -0.489. The lowest BCUT2D eigenvalue weighted by Crippen LogP contribution is -2.42. The number of nitrogens with zero attached hydrogens (tertiary/aromatic N) is 1. The Bertz CT molecular complexity index is 362. The molecule has 96 valence electrons. The SMILES string of the molecule is CC(C)Oc1cccnc1NC(C)(C)C(C)O. The zero-order valence-corrected chi connectivity index (χ0v) is 11.2. The van der Waals surface area contributed by atoms with Gasteiger partial charge in [-0.25, -0.2) is 4.98 Å². The molecule has 0 aliphatic carbocycles. The van der Waals surface area contributed by atoms with E-state index in [9.17, 15) is 5.11 Å². The average molecular weight is 238 g/mol. The molecule has 0 aromatic carbocycles. The van der Waals surface area contributed by atoms with Crippen LogP contribution in [0.25, 0.3) is 0 Å². The van der Waals surface area contributed by atoms with Gasteiger partial charge in [-0.15, -0.1) is 0 Å². The monoisotopic (exact) mass is 238 g/mol. The van der Waals surface area contributed by atoms with Crippen LogP contribution in [0.15, 0.2) is 18.3 Å². The summed E-state index contributed by atoms with van der Waals surface area (Å²) in [6, 6.07) is 3.70. The summed E-state index contributed by atoms with van der Waals surface area (Å²) < 4.78 is 5.66. The van der Waals surface area contributed by atoms with Gasteiger partial charge in [0.1, 0.15) is 0 Å². The van der Waals surface area contributed by atoms with E-state index in [-0.39, 0.29) is 6.10 Å². The van der Waals surface area contributed by atoms with Crippen molar-refractivity contribution in [2.45, 2.75) is 52.4 Å². The molecule has 1 aromatic heterocycles. The van der Waals surface area contributed by atoms with Gasteiger partial charge in [0.05, 0.1) is 17.7 Å². The maximum absolute atomic E-state index is 9.68. The maximum Gasteiger partial charge on any atom is 0.169 e. The molecule has 0 saturated heterocycles. The third kappa shape index (κ3) is 3.89. The minimum absolute atomic E-state index is 0.0920. The Hall–Kier alpha value is -1.29. The molecule has 0 aliphatic rings. The van der Waals surface area contributed by atoms with E-state index in [1.165, 1.54) is 0 Å². The number of anilines is 1. The molecule has 4 heteroatoms. The highest BCUT2D eigenvalue weighted by Crippen LogP contribution is 2.26. The normalized spacial score (nSPS) is 13.6. The van der Waals surface area contributed by atoms with Gasteiger partial charge in [-0.2, -0.15) is 0 Å². The first-order chi connectivity index (χ1) is 7.83. The Labute approximate surface area is 103 Å². The molecule has 0 aliphatic heterocycles. The van der Waals surface area contributed by atoms with Gasteiger partial charge in [-0.3, -0.25) is 0 Å². The van der Waals surface area contributed by atoms with Gasteiger partial charge in [0.25, 0.3) is 0 Å². The maximum atomic E-state index is 9.68. The highest BCUT2D eigenvalue weighted by molar-refractivity contribution is 5.51. The van der Waals surface area contributed by atoms with Crippen LogP contribution in [-0.4, -0.2) is 27.8 Å². The van der Waals surface area contributed by atoms with E-state index >= 15 is 0 Å². The van der Waals surface area contributed by atoms with Gasteiger partial charge in [0, 0.05) is 6.20 Å². The van der Waals surface area contributed by atoms with E-state index in [2.05, 4.69) is 10.3 Å². The second-order valence-corrected chi connectivity index (χ2v) is 5.04. The van der Waals surface area contributed by atoms with E-state index in [1.54, 1.807) is 13.1 Å². The molecule has 0 radical (unpaired) electrons. The fourth-order valence-electron chi connectivity index (χ4n) is 1.24. The average Bonchev–Trinajstić information content (AvgIpc) is 2.19. The van der Waals surface area contributed by atoms with Crippen molar-refractivity contribution in [3.8, 4) is 5.75 Å². The number of rotatable bonds is 5. The number of pyridine rings is 1. The molecule has 4 nitrogen and oxygen atoms in total. The lowest BCUT2D eigenvalue weighted by molar-refractivity contribution is 0.132. The molecule has 1 atom stereocenters. The van der Waals surface area contributed by atoms with Crippen molar-refractivity contribution in [1.29, 1.82) is 0 Å². The number of aliphatic hydroxyl groups is 1. The zero-order chi connectivity index (χ0) is 13.1. The molecule has 1 aromatic rings. The lowest BCUT2D eigenvalue weighted by Gasteiger charge is -2.30. The summed E-state index contributed by atoms with van der Waals surface area (Å²) >= 11 is 0. The minimum Gasteiger partial charge on any atom is -0.487 e. The number of hydrogen-bond acceptors (Lipinski definition) is 4. The van der Waals surface area contributed by atoms with Crippen LogP contribution < -0.4 is 10.1 Å². The molecule has 0 spiro atoms. The van der Waals surface area contributed by atoms with Crippen LogP contribution in [0.3, 0.4) is 0 Å². The highest BCUT2D eigenvalue weighted by atomic mass is 16.5. The van der Waals surface area contributed by atoms with Crippen LogP contribution in [0.5, 0.6) is 5.75 Å². The van der Waals surface area contributed by atoms with Crippen LogP contribution in [-0.2, 0) is 0 Å². The standard InChI is InChI=1S/C13H22N2O2/c1-9(2)17-11-7-6-8-14-12(11)15-13(4,5)10(3)16/h6-10,16H,1-5H3,(H,14,15). The van der Waals surface area contributed by atoms with Crippen LogP contribution in [0, 0.1) is 0 Å². The zero-order valence-electron chi connectivity index (χ0n) is 11.2. The third-order valence-electron chi connectivity index (χ3n) is 2.62. The van der Waals surface area contributed by atoms with E-state index in [1.807, 2.05) is 39.8 Å². The van der Waals surface area contributed by atoms with E-state index in [0.717, 1.165) is 0 Å². The Morgan fingerprint density at radius 1 is 1.35 bits per heavy atom. The first-order valence-electron chi connectivity index (χ1n) is 5.91. The summed E-state index contributed by atoms with van der Waals surface area (Å²) in [4.78, 5) is 4.25. The molecule has 0 amide bonds. The molecule has 0 fully saturated rings. The van der Waals surface area contributed by atoms with E-state index < -0.39 is 11.6 Å². The Morgan fingerprint density at radius 2 is 2.00 bits per heavy atom. The van der Waals surface area contributed by atoms with Crippen LogP contribution >= 0.6 is 0 Å². The summed E-state index contributed by atoms with van der Waals surface area (Å²) in [5.74, 6) is 1.36. The quantitative estimate of drug-likeness (QED) is 0.827. The number of hydrogen-bond donors (Lipinski definition) is 2. The summed E-state index contributed by atoms with van der Waals surface area (Å²) in [6.45, 7) is 9.53. The summed E-state index contributed by atoms with van der Waals surface area (Å²) in [7, 11) is 0. The first kappa shape index (κ1) is 13.8. The van der Waals surface area contributed by atoms with Crippen LogP contribution in [0.2, 0.25) is 0 Å². The molecule has 2 N–H and O–H groups in total. The van der Waals surface area contributed by atoms with Crippen molar-refractivity contribution in [1.82, 2.24) is 4.98 Å². The number of nitrogens with one attached hydrogen (secondary N) is 1. The second kappa shape index (κ2) is 5.36. The number of ether oxygens (including phenoxy) is 1. The fraction of sp³-hybridized carbons (Fsp3) is 0.615. The number of aliphatic hydroxyl groups excluding tert-OH is 1. The van der Waals surface area contributed by atoms with E-state index in [4.69, 9.17) is 4.74 Å². The van der Waals surface area contributed by atoms with Gasteiger partial charge >= 0.3 is 0 Å². The molecule has 1 heterocycles. The molecule has 1 unspecified atom stereocenters. The van der Waals surface area contributed by atoms with E-state index in [0.29, 0.717) is 11.6 Å². The molecule has 0 bridgehead atoms. The third-order valence-corrected chi connectivity index (χ3v) is 2.62. The van der Waals surface area contributed by atoms with Gasteiger partial charge in [-0.05, 0) is 46.8 Å². The number of aromatic nitrogens is 1. The van der Waals surface area contributed by atoms with Crippen LogP contribution in [0.4, 0.5) is 5.82 Å². The largest absolute Gasteiger partial charge is 0.487 e. The predicted octanol–water partition coefficient (Wildman–Crippen LogP) is 2.44. The van der Waals surface area contributed by atoms with Crippen LogP contribution in [0.1, 0.15) is 34.6 Å². The Morgan fingerprint density at radius 3 is 2.53 bits per heavy atom. The second-order valence-electron chi connectivity index (χ2n) is 5.04. The smallest absolute Gasteiger partial charge is 0.169 e. The first-order valence-corrected chi connectivity index (χ1v) is 5.91. The molecular formula is C13H22N2O2. The summed E-state index contributed by atoms with van der Waals surface area (Å²) in [5.41, 5.74) is -0.455. The van der Waals surface area contributed by atoms with Crippen molar-refractivity contribution in [2.75, 3.05) is 5.32 Å². The van der Waals surface area contributed by atoms with Crippen molar-refractivity contribution in [3.05, 3.63) is 18.3 Å². The molecular weight excluding hydrogens is 216 g/mol. The Balaban J connectivity index is 2.90. The summed E-state index contributed by atoms with van der Waals surface area (Å²) in [6.07, 6.45) is 1.30. The molecule has 17 heavy (non-hydrogen) atoms. The van der Waals surface area contributed by atoms with Crippen molar-refractivity contribution in [2.24, 2.45) is 0 Å². The van der Waals surface area contributed by atoms with Gasteiger partial charge in [0.15, 0.2) is 11.6 Å². The topological polar surface area (TPSA) is 54.4 Å². The van der Waals surface area contributed by atoms with Crippen molar-refractivity contribution >= 4 is 5.82 Å². The highest BCUT2D eigenvalue weighted by Gasteiger charge is 2.25. The molecule has 0 saturated carbocycles. The Kier molecular flexibility index (Phi) is 4.34.